The lowest BCUT2D eigenvalue weighted by Crippen LogP contribution is -2.55. The average Bonchev–Trinajstić information content (AvgIpc) is 2.41. The van der Waals surface area contributed by atoms with Crippen molar-refractivity contribution in [3.05, 3.63) is 30.1 Å². The maximum Gasteiger partial charge on any atom is 0.0312 e. The van der Waals surface area contributed by atoms with Crippen molar-refractivity contribution in [3.63, 3.8) is 0 Å². The second-order valence-electron chi connectivity index (χ2n) is 6.00. The third-order valence-electron chi connectivity index (χ3n) is 4.71. The Labute approximate surface area is 116 Å². The van der Waals surface area contributed by atoms with Crippen LogP contribution in [0.5, 0.6) is 0 Å². The summed E-state index contributed by atoms with van der Waals surface area (Å²) in [6.45, 7) is 4.41. The van der Waals surface area contributed by atoms with E-state index in [1.165, 1.54) is 37.7 Å². The smallest absolute Gasteiger partial charge is 0.0312 e. The third-order valence-corrected chi connectivity index (χ3v) is 4.71. The Morgan fingerprint density at radius 3 is 2.74 bits per heavy atom. The zero-order chi connectivity index (χ0) is 13.1. The minimum Gasteiger partial charge on any atom is -0.314 e. The molecule has 2 aliphatic rings. The van der Waals surface area contributed by atoms with Crippen LogP contribution in [0.15, 0.2) is 24.5 Å². The molecule has 0 spiro atoms. The lowest BCUT2D eigenvalue weighted by Gasteiger charge is -2.49. The third kappa shape index (κ3) is 2.98. The van der Waals surface area contributed by atoms with Gasteiger partial charge in [-0.05, 0) is 43.9 Å². The van der Waals surface area contributed by atoms with Crippen LogP contribution in [0.3, 0.4) is 0 Å². The van der Waals surface area contributed by atoms with Gasteiger partial charge >= 0.3 is 0 Å². The number of nitrogens with zero attached hydrogens (tertiary/aromatic N) is 2. The predicted octanol–water partition coefficient (Wildman–Crippen LogP) is 2.58. The number of nitrogens with one attached hydrogen (secondary N) is 1. The van der Waals surface area contributed by atoms with Crippen molar-refractivity contribution in [3.8, 4) is 0 Å². The number of hydrogen-bond donors (Lipinski definition) is 1. The van der Waals surface area contributed by atoms with Gasteiger partial charge in [-0.25, -0.2) is 0 Å². The van der Waals surface area contributed by atoms with E-state index in [0.717, 1.165) is 31.2 Å². The number of aromatic nitrogens is 1. The van der Waals surface area contributed by atoms with Crippen molar-refractivity contribution >= 4 is 0 Å². The van der Waals surface area contributed by atoms with E-state index in [1.54, 1.807) is 0 Å². The van der Waals surface area contributed by atoms with Crippen molar-refractivity contribution in [2.24, 2.45) is 0 Å². The van der Waals surface area contributed by atoms with Crippen LogP contribution >= 0.6 is 0 Å². The molecule has 1 aromatic heterocycles. The van der Waals surface area contributed by atoms with Gasteiger partial charge in [0.25, 0.3) is 0 Å². The fourth-order valence-corrected chi connectivity index (χ4v) is 3.89. The molecule has 0 aliphatic carbocycles. The fraction of sp³-hybridized carbons (Fsp3) is 0.688. The Hall–Kier alpha value is -0.930. The Kier molecular flexibility index (Phi) is 4.14. The monoisotopic (exact) mass is 259 g/mol. The summed E-state index contributed by atoms with van der Waals surface area (Å²) in [7, 11) is 0. The van der Waals surface area contributed by atoms with Crippen LogP contribution < -0.4 is 5.32 Å². The quantitative estimate of drug-likeness (QED) is 0.901. The van der Waals surface area contributed by atoms with Gasteiger partial charge in [-0.15, -0.1) is 0 Å². The van der Waals surface area contributed by atoms with Gasteiger partial charge in [-0.1, -0.05) is 19.4 Å². The summed E-state index contributed by atoms with van der Waals surface area (Å²) in [5, 5.41) is 3.66. The molecular formula is C16H25N3. The van der Waals surface area contributed by atoms with E-state index in [2.05, 4.69) is 34.3 Å². The highest BCUT2D eigenvalue weighted by atomic mass is 15.2. The second-order valence-corrected chi connectivity index (χ2v) is 6.00. The Morgan fingerprint density at radius 2 is 2.11 bits per heavy atom. The van der Waals surface area contributed by atoms with Crippen molar-refractivity contribution in [2.75, 3.05) is 6.54 Å². The molecule has 2 bridgehead atoms. The van der Waals surface area contributed by atoms with E-state index in [0.29, 0.717) is 0 Å². The van der Waals surface area contributed by atoms with E-state index >= 15 is 0 Å². The molecule has 104 valence electrons. The minimum atomic E-state index is 0.741. The molecular weight excluding hydrogens is 234 g/mol. The molecule has 0 amide bonds. The average molecular weight is 259 g/mol. The predicted molar refractivity (Wildman–Crippen MR) is 77.9 cm³/mol. The van der Waals surface area contributed by atoms with E-state index < -0.39 is 0 Å². The van der Waals surface area contributed by atoms with E-state index in [-0.39, 0.29) is 0 Å². The van der Waals surface area contributed by atoms with Gasteiger partial charge < -0.3 is 5.32 Å². The van der Waals surface area contributed by atoms with Gasteiger partial charge in [0.1, 0.15) is 0 Å². The highest BCUT2D eigenvalue weighted by Gasteiger charge is 2.37. The Balaban J connectivity index is 1.68. The molecule has 3 heteroatoms. The molecule has 19 heavy (non-hydrogen) atoms. The molecule has 2 aliphatic heterocycles. The summed E-state index contributed by atoms with van der Waals surface area (Å²) in [5.41, 5.74) is 1.36. The lowest BCUT2D eigenvalue weighted by molar-refractivity contribution is 0.0179. The molecule has 0 radical (unpaired) electrons. The van der Waals surface area contributed by atoms with Crippen LogP contribution in [0.2, 0.25) is 0 Å². The molecule has 3 heterocycles. The maximum absolute atomic E-state index is 4.25. The number of piperidine rings is 2. The SMILES string of the molecule is CCNC1CC2CCCC(C1)N2Cc1cccnc1. The van der Waals surface area contributed by atoms with Crippen LogP contribution in [0.25, 0.3) is 0 Å². The van der Waals surface area contributed by atoms with E-state index in [1.807, 2.05) is 12.4 Å². The zero-order valence-corrected chi connectivity index (χ0v) is 11.9. The first-order valence-corrected chi connectivity index (χ1v) is 7.75. The molecule has 2 unspecified atom stereocenters. The second kappa shape index (κ2) is 6.02. The number of fused-ring (bicyclic) bond motifs is 2. The number of rotatable bonds is 4. The maximum atomic E-state index is 4.25. The summed E-state index contributed by atoms with van der Waals surface area (Å²) in [4.78, 5) is 6.99. The Morgan fingerprint density at radius 1 is 1.32 bits per heavy atom. The summed E-state index contributed by atoms with van der Waals surface area (Å²) < 4.78 is 0. The van der Waals surface area contributed by atoms with Crippen LogP contribution in [0.4, 0.5) is 0 Å². The van der Waals surface area contributed by atoms with Gasteiger partial charge in [-0.2, -0.15) is 0 Å². The van der Waals surface area contributed by atoms with E-state index in [9.17, 15) is 0 Å². The van der Waals surface area contributed by atoms with Crippen molar-refractivity contribution < 1.29 is 0 Å². The summed E-state index contributed by atoms with van der Waals surface area (Å²) in [6, 6.07) is 6.55. The van der Waals surface area contributed by atoms with E-state index in [4.69, 9.17) is 0 Å². The fourth-order valence-electron chi connectivity index (χ4n) is 3.89. The van der Waals surface area contributed by atoms with Gasteiger partial charge in [0.2, 0.25) is 0 Å². The lowest BCUT2D eigenvalue weighted by atomic mass is 9.81. The molecule has 2 fully saturated rings. The molecule has 3 rings (SSSR count). The molecule has 0 saturated carbocycles. The Bertz CT molecular complexity index is 378. The summed E-state index contributed by atoms with van der Waals surface area (Å²) in [5.74, 6) is 0. The standard InChI is InChI=1S/C16H25N3/c1-2-18-14-9-15-6-3-7-16(10-14)19(15)12-13-5-4-8-17-11-13/h4-5,8,11,14-16,18H,2-3,6-7,9-10,12H2,1H3. The molecule has 1 aromatic rings. The molecule has 0 aromatic carbocycles. The summed E-state index contributed by atoms with van der Waals surface area (Å²) in [6.07, 6.45) is 10.7. The molecule has 1 N–H and O–H groups in total. The topological polar surface area (TPSA) is 28.2 Å². The van der Waals surface area contributed by atoms with Gasteiger partial charge in [0, 0.05) is 37.1 Å². The van der Waals surface area contributed by atoms with Crippen LogP contribution in [0.1, 0.15) is 44.6 Å². The van der Waals surface area contributed by atoms with Crippen LogP contribution in [-0.2, 0) is 6.54 Å². The van der Waals surface area contributed by atoms with Crippen molar-refractivity contribution in [1.29, 1.82) is 0 Å². The largest absolute Gasteiger partial charge is 0.314 e. The van der Waals surface area contributed by atoms with Crippen molar-refractivity contribution in [2.45, 2.75) is 63.7 Å². The van der Waals surface area contributed by atoms with Crippen LogP contribution in [0, 0.1) is 0 Å². The first-order valence-electron chi connectivity index (χ1n) is 7.75. The summed E-state index contributed by atoms with van der Waals surface area (Å²) >= 11 is 0. The van der Waals surface area contributed by atoms with Gasteiger partial charge in [0.05, 0.1) is 0 Å². The number of hydrogen-bond acceptors (Lipinski definition) is 3. The first kappa shape index (κ1) is 13.1. The first-order chi connectivity index (χ1) is 9.36. The normalized spacial score (nSPS) is 31.3. The van der Waals surface area contributed by atoms with Crippen LogP contribution in [-0.4, -0.2) is 34.6 Å². The zero-order valence-electron chi connectivity index (χ0n) is 11.9. The minimum absolute atomic E-state index is 0.741. The molecule has 2 atom stereocenters. The highest BCUT2D eigenvalue weighted by molar-refractivity contribution is 5.10. The number of pyridine rings is 1. The van der Waals surface area contributed by atoms with Crippen molar-refractivity contribution in [1.82, 2.24) is 15.2 Å². The van der Waals surface area contributed by atoms with Gasteiger partial charge in [-0.3, -0.25) is 9.88 Å². The molecule has 3 nitrogen and oxygen atoms in total. The van der Waals surface area contributed by atoms with Gasteiger partial charge in [0.15, 0.2) is 0 Å². The molecule has 2 saturated heterocycles. The highest BCUT2D eigenvalue weighted by Crippen LogP contribution is 2.35.